The van der Waals surface area contributed by atoms with Crippen LogP contribution in [0.25, 0.3) is 0 Å². The first-order valence-electron chi connectivity index (χ1n) is 7.03. The minimum absolute atomic E-state index is 0.137. The number of carbonyl (C=O) groups excluding carboxylic acids is 2. The van der Waals surface area contributed by atoms with Gasteiger partial charge in [0.15, 0.2) is 0 Å². The molecule has 0 aliphatic heterocycles. The molecule has 1 aromatic heterocycles. The van der Waals surface area contributed by atoms with Gasteiger partial charge in [-0.1, -0.05) is 0 Å². The summed E-state index contributed by atoms with van der Waals surface area (Å²) < 4.78 is 12.9. The molecule has 3 amide bonds. The fourth-order valence-corrected chi connectivity index (χ4v) is 1.84. The third kappa shape index (κ3) is 5.06. The van der Waals surface area contributed by atoms with Crippen LogP contribution in [0.3, 0.4) is 0 Å². The van der Waals surface area contributed by atoms with Gasteiger partial charge in [0, 0.05) is 31.9 Å². The average molecular weight is 316 g/mol. The predicted octanol–water partition coefficient (Wildman–Crippen LogP) is 2.40. The maximum Gasteiger partial charge on any atom is 0.321 e. The normalized spacial score (nSPS) is 10.0. The molecule has 2 rings (SSSR count). The van der Waals surface area contributed by atoms with Crippen molar-refractivity contribution in [1.29, 1.82) is 0 Å². The van der Waals surface area contributed by atoms with Crippen LogP contribution in [-0.4, -0.2) is 30.5 Å². The summed E-state index contributed by atoms with van der Waals surface area (Å²) >= 11 is 0. The lowest BCUT2D eigenvalue weighted by atomic mass is 10.3. The second-order valence-corrected chi connectivity index (χ2v) is 4.81. The quantitative estimate of drug-likeness (QED) is 0.889. The van der Waals surface area contributed by atoms with Crippen molar-refractivity contribution in [1.82, 2.24) is 10.3 Å². The second-order valence-electron chi connectivity index (χ2n) is 4.81. The SMILES string of the molecule is CN(C(=O)NCCC(=O)Nc1cccnc1)c1ccc(F)cc1. The van der Waals surface area contributed by atoms with Crippen molar-refractivity contribution in [3.8, 4) is 0 Å². The number of nitrogens with zero attached hydrogens (tertiary/aromatic N) is 2. The molecule has 6 nitrogen and oxygen atoms in total. The Morgan fingerprint density at radius 1 is 1.22 bits per heavy atom. The van der Waals surface area contributed by atoms with E-state index in [0.717, 1.165) is 0 Å². The summed E-state index contributed by atoms with van der Waals surface area (Å²) in [6.45, 7) is 0.191. The van der Waals surface area contributed by atoms with Crippen molar-refractivity contribution in [2.45, 2.75) is 6.42 Å². The topological polar surface area (TPSA) is 74.3 Å². The summed E-state index contributed by atoms with van der Waals surface area (Å²) in [5.41, 5.74) is 1.16. The zero-order valence-electron chi connectivity index (χ0n) is 12.6. The summed E-state index contributed by atoms with van der Waals surface area (Å²) in [5.74, 6) is -0.586. The molecule has 0 aliphatic carbocycles. The standard InChI is InChI=1S/C16H17FN4O2/c1-21(14-6-4-12(17)5-7-14)16(23)19-10-8-15(22)20-13-3-2-9-18-11-13/h2-7,9,11H,8,10H2,1H3,(H,19,23)(H,20,22). The number of urea groups is 1. The fourth-order valence-electron chi connectivity index (χ4n) is 1.84. The monoisotopic (exact) mass is 316 g/mol. The van der Waals surface area contributed by atoms with Gasteiger partial charge in [-0.05, 0) is 36.4 Å². The molecular weight excluding hydrogens is 299 g/mol. The highest BCUT2D eigenvalue weighted by Gasteiger charge is 2.11. The van der Waals surface area contributed by atoms with E-state index >= 15 is 0 Å². The number of anilines is 2. The molecule has 0 fully saturated rings. The number of hydrogen-bond acceptors (Lipinski definition) is 3. The highest BCUT2D eigenvalue weighted by atomic mass is 19.1. The number of hydrogen-bond donors (Lipinski definition) is 2. The Morgan fingerprint density at radius 3 is 2.61 bits per heavy atom. The van der Waals surface area contributed by atoms with Gasteiger partial charge < -0.3 is 10.6 Å². The zero-order valence-corrected chi connectivity index (χ0v) is 12.6. The van der Waals surface area contributed by atoms with Crippen LogP contribution in [0.4, 0.5) is 20.6 Å². The Bertz CT molecular complexity index is 662. The summed E-state index contributed by atoms with van der Waals surface area (Å²) in [6, 6.07) is 8.64. The lowest BCUT2D eigenvalue weighted by molar-refractivity contribution is -0.116. The molecule has 0 unspecified atom stereocenters. The van der Waals surface area contributed by atoms with E-state index in [1.165, 1.54) is 29.2 Å². The van der Waals surface area contributed by atoms with Crippen molar-refractivity contribution in [2.75, 3.05) is 23.8 Å². The van der Waals surface area contributed by atoms with E-state index < -0.39 is 0 Å². The van der Waals surface area contributed by atoms with Crippen LogP contribution in [0.2, 0.25) is 0 Å². The molecule has 7 heteroatoms. The first-order valence-corrected chi connectivity index (χ1v) is 7.03. The Kier molecular flexibility index (Phi) is 5.62. The number of rotatable bonds is 5. The van der Waals surface area contributed by atoms with Gasteiger partial charge in [0.1, 0.15) is 5.82 Å². The molecule has 2 aromatic rings. The van der Waals surface area contributed by atoms with Gasteiger partial charge in [0.2, 0.25) is 5.91 Å². The zero-order chi connectivity index (χ0) is 16.7. The van der Waals surface area contributed by atoms with Crippen molar-refractivity contribution in [3.05, 3.63) is 54.6 Å². The van der Waals surface area contributed by atoms with Crippen molar-refractivity contribution in [2.24, 2.45) is 0 Å². The molecule has 2 N–H and O–H groups in total. The highest BCUT2D eigenvalue weighted by Crippen LogP contribution is 2.12. The molecule has 23 heavy (non-hydrogen) atoms. The minimum Gasteiger partial charge on any atom is -0.337 e. The highest BCUT2D eigenvalue weighted by molar-refractivity contribution is 5.93. The Labute approximate surface area is 133 Å². The van der Waals surface area contributed by atoms with Crippen LogP contribution in [0, 0.1) is 5.82 Å². The molecule has 0 atom stereocenters. The summed E-state index contributed by atoms with van der Waals surface area (Å²) in [6.07, 6.45) is 3.29. The first kappa shape index (κ1) is 16.4. The van der Waals surface area contributed by atoms with Gasteiger partial charge in [-0.2, -0.15) is 0 Å². The fraction of sp³-hybridized carbons (Fsp3) is 0.188. The van der Waals surface area contributed by atoms with Gasteiger partial charge in [0.05, 0.1) is 11.9 Å². The van der Waals surface area contributed by atoms with Crippen LogP contribution in [0.5, 0.6) is 0 Å². The average Bonchev–Trinajstić information content (AvgIpc) is 2.55. The summed E-state index contributed by atoms with van der Waals surface area (Å²) in [4.78, 5) is 28.9. The maximum absolute atomic E-state index is 12.9. The van der Waals surface area contributed by atoms with Crippen LogP contribution >= 0.6 is 0 Å². The number of pyridine rings is 1. The van der Waals surface area contributed by atoms with E-state index in [9.17, 15) is 14.0 Å². The third-order valence-corrected chi connectivity index (χ3v) is 3.09. The van der Waals surface area contributed by atoms with Gasteiger partial charge in [-0.15, -0.1) is 0 Å². The number of nitrogens with one attached hydrogen (secondary N) is 2. The van der Waals surface area contributed by atoms with E-state index in [1.807, 2.05) is 0 Å². The lowest BCUT2D eigenvalue weighted by Gasteiger charge is -2.18. The van der Waals surface area contributed by atoms with Crippen molar-refractivity contribution < 1.29 is 14.0 Å². The van der Waals surface area contributed by atoms with Crippen molar-refractivity contribution in [3.63, 3.8) is 0 Å². The van der Waals surface area contributed by atoms with E-state index in [4.69, 9.17) is 0 Å². The third-order valence-electron chi connectivity index (χ3n) is 3.09. The lowest BCUT2D eigenvalue weighted by Crippen LogP contribution is -2.38. The molecule has 0 aliphatic rings. The summed E-state index contributed by atoms with van der Waals surface area (Å²) in [5, 5.41) is 5.30. The van der Waals surface area contributed by atoms with Gasteiger partial charge in [-0.3, -0.25) is 14.7 Å². The van der Waals surface area contributed by atoms with Gasteiger partial charge >= 0.3 is 6.03 Å². The number of halogens is 1. The maximum atomic E-state index is 12.9. The first-order chi connectivity index (χ1) is 11.1. The molecule has 1 aromatic carbocycles. The van der Waals surface area contributed by atoms with Crippen LogP contribution in [-0.2, 0) is 4.79 Å². The van der Waals surface area contributed by atoms with Gasteiger partial charge in [-0.25, -0.2) is 9.18 Å². The van der Waals surface area contributed by atoms with Gasteiger partial charge in [0.25, 0.3) is 0 Å². The molecule has 0 spiro atoms. The number of amides is 3. The Morgan fingerprint density at radius 2 is 1.96 bits per heavy atom. The largest absolute Gasteiger partial charge is 0.337 e. The molecule has 120 valence electrons. The van der Waals surface area contributed by atoms with Crippen LogP contribution in [0.15, 0.2) is 48.8 Å². The van der Waals surface area contributed by atoms with E-state index in [1.54, 1.807) is 31.6 Å². The number of aromatic nitrogens is 1. The smallest absolute Gasteiger partial charge is 0.321 e. The van der Waals surface area contributed by atoms with E-state index in [0.29, 0.717) is 11.4 Å². The van der Waals surface area contributed by atoms with Crippen molar-refractivity contribution >= 4 is 23.3 Å². The van der Waals surface area contributed by atoms with Crippen LogP contribution < -0.4 is 15.5 Å². The Hall–Kier alpha value is -2.96. The predicted molar refractivity (Wildman–Crippen MR) is 85.7 cm³/mol. The second kappa shape index (κ2) is 7.88. The van der Waals surface area contributed by atoms with E-state index in [-0.39, 0.29) is 30.7 Å². The molecular formula is C16H17FN4O2. The Balaban J connectivity index is 1.76. The molecule has 0 saturated heterocycles. The molecule has 0 bridgehead atoms. The molecule has 1 heterocycles. The molecule has 0 radical (unpaired) electrons. The number of benzene rings is 1. The molecule has 0 saturated carbocycles. The van der Waals surface area contributed by atoms with E-state index in [2.05, 4.69) is 15.6 Å². The number of carbonyl (C=O) groups is 2. The minimum atomic E-state index is -0.370. The van der Waals surface area contributed by atoms with Crippen LogP contribution in [0.1, 0.15) is 6.42 Å². The summed E-state index contributed by atoms with van der Waals surface area (Å²) in [7, 11) is 1.57.